The van der Waals surface area contributed by atoms with Gasteiger partial charge in [-0.3, -0.25) is 9.88 Å². The highest BCUT2D eigenvalue weighted by atomic mass is 35.5. The van der Waals surface area contributed by atoms with Crippen LogP contribution in [0.25, 0.3) is 0 Å². The van der Waals surface area contributed by atoms with Crippen molar-refractivity contribution in [3.63, 3.8) is 0 Å². The van der Waals surface area contributed by atoms with E-state index in [1.165, 1.54) is 32.4 Å². The van der Waals surface area contributed by atoms with Crippen LogP contribution in [0.1, 0.15) is 75.5 Å². The van der Waals surface area contributed by atoms with Gasteiger partial charge >= 0.3 is 6.03 Å². The Bertz CT molecular complexity index is 1220. The number of hydrogen-bond donors (Lipinski definition) is 2. The molecule has 9 heteroatoms. The Balaban J connectivity index is 1.23. The first-order valence-electron chi connectivity index (χ1n) is 16.3. The van der Waals surface area contributed by atoms with Crippen molar-refractivity contribution in [2.45, 2.75) is 82.7 Å². The van der Waals surface area contributed by atoms with Crippen LogP contribution in [0.4, 0.5) is 10.5 Å². The van der Waals surface area contributed by atoms with Crippen LogP contribution >= 0.6 is 11.6 Å². The first kappa shape index (κ1) is 31.5. The highest BCUT2D eigenvalue weighted by Gasteiger charge is 2.30. The van der Waals surface area contributed by atoms with Crippen molar-refractivity contribution < 1.29 is 9.53 Å². The first-order valence-corrected chi connectivity index (χ1v) is 16.7. The molecule has 43 heavy (non-hydrogen) atoms. The van der Waals surface area contributed by atoms with Gasteiger partial charge in [0.15, 0.2) is 0 Å². The first-order chi connectivity index (χ1) is 20.9. The van der Waals surface area contributed by atoms with E-state index in [0.29, 0.717) is 35.7 Å². The van der Waals surface area contributed by atoms with Crippen molar-refractivity contribution >= 4 is 23.3 Å². The number of halogens is 1. The summed E-state index contributed by atoms with van der Waals surface area (Å²) in [6.07, 6.45) is 11.3. The molecule has 0 radical (unpaired) electrons. The second-order valence-electron chi connectivity index (χ2n) is 12.4. The number of urea groups is 1. The van der Waals surface area contributed by atoms with E-state index in [0.717, 1.165) is 81.0 Å². The molecule has 5 rings (SSSR count). The maximum atomic E-state index is 13.3. The Hall–Kier alpha value is -2.97. The molecule has 0 unspecified atom stereocenters. The molecule has 3 fully saturated rings. The zero-order chi connectivity index (χ0) is 30.2. The number of carbonyl (C=O) groups excluding carboxylic acids is 1. The Morgan fingerprint density at radius 3 is 2.49 bits per heavy atom. The Kier molecular flexibility index (Phi) is 11.1. The number of piperidine rings is 2. The fraction of sp³-hybridized carbons (Fsp3) is 0.588. The third-order valence-corrected chi connectivity index (χ3v) is 9.76. The van der Waals surface area contributed by atoms with Gasteiger partial charge < -0.3 is 25.6 Å². The number of nitrogens with two attached hydrogens (primary N) is 1. The largest absolute Gasteiger partial charge is 0.490 e. The smallest absolute Gasteiger partial charge is 0.317 e. The average Bonchev–Trinajstić information content (AvgIpc) is 3.57. The molecule has 3 aliphatic rings. The second-order valence-corrected chi connectivity index (χ2v) is 12.8. The molecule has 4 heterocycles. The zero-order valence-corrected chi connectivity index (χ0v) is 26.5. The fourth-order valence-corrected chi connectivity index (χ4v) is 7.01. The summed E-state index contributed by atoms with van der Waals surface area (Å²) in [7, 11) is 0. The molecule has 234 valence electrons. The monoisotopic (exact) mass is 608 g/mol. The molecular weight excluding hydrogens is 560 g/mol. The van der Waals surface area contributed by atoms with Crippen molar-refractivity contribution in [3.05, 3.63) is 65.1 Å². The minimum Gasteiger partial charge on any atom is -0.490 e. The lowest BCUT2D eigenvalue weighted by molar-refractivity contribution is 0.153. The number of anilines is 1. The number of nitrogens with one attached hydrogen (secondary N) is 1. The van der Waals surface area contributed by atoms with Gasteiger partial charge in [-0.1, -0.05) is 31.2 Å². The molecule has 2 amide bonds. The van der Waals surface area contributed by atoms with Crippen molar-refractivity contribution in [2.24, 2.45) is 0 Å². The molecule has 8 nitrogen and oxygen atoms in total. The summed E-state index contributed by atoms with van der Waals surface area (Å²) in [5, 5.41) is 3.91. The third kappa shape index (κ3) is 8.15. The van der Waals surface area contributed by atoms with E-state index in [9.17, 15) is 4.79 Å². The second kappa shape index (κ2) is 15.2. The van der Waals surface area contributed by atoms with Gasteiger partial charge in [-0.15, -0.1) is 0 Å². The number of rotatable bonds is 11. The topological polar surface area (TPSA) is 87.0 Å². The van der Waals surface area contributed by atoms with Crippen molar-refractivity contribution in [1.29, 1.82) is 0 Å². The molecule has 2 atom stereocenters. The van der Waals surface area contributed by atoms with Gasteiger partial charge in [-0.25, -0.2) is 4.79 Å². The number of carbonyl (C=O) groups is 1. The van der Waals surface area contributed by atoms with Crippen LogP contribution in [0.2, 0.25) is 5.02 Å². The molecule has 3 aliphatic heterocycles. The molecular formula is C34H49ClN6O2. The van der Waals surface area contributed by atoms with Gasteiger partial charge in [0.25, 0.3) is 0 Å². The van der Waals surface area contributed by atoms with Crippen molar-refractivity contribution in [3.8, 4) is 5.75 Å². The highest BCUT2D eigenvalue weighted by molar-refractivity contribution is 6.30. The van der Waals surface area contributed by atoms with Crippen LogP contribution in [0.15, 0.2) is 48.8 Å². The van der Waals surface area contributed by atoms with E-state index < -0.39 is 0 Å². The number of nitrogen functional groups attached to an aromatic ring is 1. The van der Waals surface area contributed by atoms with Crippen LogP contribution in [0, 0.1) is 0 Å². The lowest BCUT2D eigenvalue weighted by Gasteiger charge is -2.39. The van der Waals surface area contributed by atoms with Gasteiger partial charge in [-0.05, 0) is 94.3 Å². The van der Waals surface area contributed by atoms with Crippen LogP contribution < -0.4 is 15.8 Å². The number of hydrogen-bond acceptors (Lipinski definition) is 6. The number of amides is 2. The van der Waals surface area contributed by atoms with Crippen LogP contribution in [-0.2, 0) is 6.42 Å². The van der Waals surface area contributed by atoms with Gasteiger partial charge in [0, 0.05) is 67.2 Å². The number of nitrogens with zero attached hydrogens (tertiary/aromatic N) is 4. The lowest BCUT2D eigenvalue weighted by atomic mass is 9.91. The molecule has 2 aromatic rings. The standard InChI is InChI=1S/C34H49ClN6O2/c1-3-29(40-16-7-8-17-40)24-43-32-10-9-15-37-33(32)26-13-20-39(21-14-26)25(2)31(22-27-11-12-28(35)23-30(27)36)38-34(42)41-18-5-4-6-19-41/h9-12,15,23,26,29,31H,2-8,13-14,16-22,24,36H2,1H3,(H,38,42)/t29-,31-/m1/s1. The summed E-state index contributed by atoms with van der Waals surface area (Å²) in [6, 6.07) is 9.79. The van der Waals surface area contributed by atoms with E-state index in [1.54, 1.807) is 6.07 Å². The van der Waals surface area contributed by atoms with Gasteiger partial charge in [0.1, 0.15) is 12.4 Å². The fourth-order valence-electron chi connectivity index (χ4n) is 6.83. The highest BCUT2D eigenvalue weighted by Crippen LogP contribution is 2.34. The molecule has 3 saturated heterocycles. The molecule has 0 bridgehead atoms. The van der Waals surface area contributed by atoms with E-state index in [1.807, 2.05) is 29.3 Å². The van der Waals surface area contributed by atoms with Crippen LogP contribution in [-0.4, -0.2) is 83.7 Å². The third-order valence-electron chi connectivity index (χ3n) is 9.52. The molecule has 1 aromatic heterocycles. The minimum absolute atomic E-state index is 0.0251. The van der Waals surface area contributed by atoms with E-state index >= 15 is 0 Å². The van der Waals surface area contributed by atoms with Crippen molar-refractivity contribution in [1.82, 2.24) is 25.0 Å². The van der Waals surface area contributed by atoms with Crippen molar-refractivity contribution in [2.75, 3.05) is 51.6 Å². The van der Waals surface area contributed by atoms with E-state index in [4.69, 9.17) is 27.1 Å². The number of aromatic nitrogens is 1. The maximum Gasteiger partial charge on any atom is 0.317 e. The number of ether oxygens (including phenoxy) is 1. The van der Waals surface area contributed by atoms with Gasteiger partial charge in [0.2, 0.25) is 0 Å². The van der Waals surface area contributed by atoms with Gasteiger partial charge in [0.05, 0.1) is 11.7 Å². The van der Waals surface area contributed by atoms with E-state index in [2.05, 4.69) is 34.7 Å². The molecule has 0 aliphatic carbocycles. The molecule has 0 saturated carbocycles. The predicted molar refractivity (Wildman–Crippen MR) is 175 cm³/mol. The molecule has 1 aromatic carbocycles. The SMILES string of the molecule is C=C([C@@H](Cc1ccc(Cl)cc1N)NC(=O)N1CCCCC1)N1CCC(c2ncccc2OC[C@@H](CC)N2CCCC2)CC1. The predicted octanol–water partition coefficient (Wildman–Crippen LogP) is 6.07. The lowest BCUT2D eigenvalue weighted by Crippen LogP contribution is -2.50. The minimum atomic E-state index is -0.264. The Morgan fingerprint density at radius 1 is 1.07 bits per heavy atom. The van der Waals surface area contributed by atoms with Gasteiger partial charge in [-0.2, -0.15) is 0 Å². The summed E-state index contributed by atoms with van der Waals surface area (Å²) < 4.78 is 6.45. The maximum absolute atomic E-state index is 13.3. The van der Waals surface area contributed by atoms with Crippen LogP contribution in [0.5, 0.6) is 5.75 Å². The Morgan fingerprint density at radius 2 is 1.79 bits per heavy atom. The summed E-state index contributed by atoms with van der Waals surface area (Å²) >= 11 is 6.17. The zero-order valence-electron chi connectivity index (χ0n) is 25.8. The summed E-state index contributed by atoms with van der Waals surface area (Å²) in [5.74, 6) is 1.24. The average molecular weight is 609 g/mol. The molecule has 3 N–H and O–H groups in total. The molecule has 0 spiro atoms. The van der Waals surface area contributed by atoms with Crippen LogP contribution in [0.3, 0.4) is 0 Å². The quantitative estimate of drug-likeness (QED) is 0.301. The summed E-state index contributed by atoms with van der Waals surface area (Å²) in [5.41, 5.74) is 9.91. The Labute approximate surface area is 262 Å². The van der Waals surface area contributed by atoms with E-state index in [-0.39, 0.29) is 12.1 Å². The number of benzene rings is 1. The normalized spacial score (nSPS) is 19.7. The summed E-state index contributed by atoms with van der Waals surface area (Å²) in [4.78, 5) is 24.9. The number of likely N-dealkylation sites (tertiary alicyclic amines) is 3. The number of pyridine rings is 1. The summed E-state index contributed by atoms with van der Waals surface area (Å²) in [6.45, 7) is 13.1.